The van der Waals surface area contributed by atoms with Crippen LogP contribution in [0.5, 0.6) is 0 Å². The number of rotatable bonds is 2. The van der Waals surface area contributed by atoms with Crippen LogP contribution in [0.1, 0.15) is 0 Å². The second kappa shape index (κ2) is 5.42. The summed E-state index contributed by atoms with van der Waals surface area (Å²) in [5, 5.41) is 10.0. The van der Waals surface area contributed by atoms with Crippen LogP contribution in [-0.4, -0.2) is 4.33 Å². The molecule has 0 saturated carbocycles. The van der Waals surface area contributed by atoms with Crippen LogP contribution < -0.4 is 35.3 Å². The van der Waals surface area contributed by atoms with Crippen molar-refractivity contribution >= 4 is 17.6 Å². The van der Waals surface area contributed by atoms with Gasteiger partial charge >= 0.3 is 29.6 Å². The minimum Gasteiger partial charge on any atom is -0.418 e. The zero-order valence-corrected chi connectivity index (χ0v) is 9.30. The molecule has 1 rings (SSSR count). The first-order valence-corrected chi connectivity index (χ1v) is 3.55. The van der Waals surface area contributed by atoms with Crippen LogP contribution in [-0.2, 0) is 0 Å². The zero-order valence-electron chi connectivity index (χ0n) is 6.48. The molecule has 1 aromatic rings. The van der Waals surface area contributed by atoms with E-state index in [1.807, 2.05) is 0 Å². The van der Waals surface area contributed by atoms with E-state index in [2.05, 4.69) is 6.07 Å². The standard InChI is InChI=1S/C6H5N2O2S.Na/c7-5-3-1-2-4-6(5)11-8(9)10;/h1,3-4H,7H2;/q-1;+1. The molecule has 6 heteroatoms. The molecule has 0 heterocycles. The maximum atomic E-state index is 10.0. The molecule has 0 radical (unpaired) electrons. The van der Waals surface area contributed by atoms with Crippen molar-refractivity contribution in [3.05, 3.63) is 34.4 Å². The van der Waals surface area contributed by atoms with Gasteiger partial charge in [0, 0.05) is 0 Å². The molecule has 12 heavy (non-hydrogen) atoms. The summed E-state index contributed by atoms with van der Waals surface area (Å²) < 4.78 is -0.500. The minimum atomic E-state index is -0.500. The van der Waals surface area contributed by atoms with Gasteiger partial charge < -0.3 is 5.73 Å². The van der Waals surface area contributed by atoms with Gasteiger partial charge in [-0.15, -0.1) is 6.07 Å². The molecule has 0 bridgehead atoms. The monoisotopic (exact) mass is 192 g/mol. The van der Waals surface area contributed by atoms with E-state index in [1.165, 1.54) is 6.07 Å². The minimum absolute atomic E-state index is 0. The van der Waals surface area contributed by atoms with Gasteiger partial charge in [-0.2, -0.15) is 18.2 Å². The average Bonchev–Trinajstić information content (AvgIpc) is 1.93. The summed E-state index contributed by atoms with van der Waals surface area (Å²) >= 11 is 0.491. The van der Waals surface area contributed by atoms with Gasteiger partial charge in [0.1, 0.15) is 0 Å². The first-order chi connectivity index (χ1) is 5.20. The van der Waals surface area contributed by atoms with Gasteiger partial charge in [-0.1, -0.05) is 5.69 Å². The van der Waals surface area contributed by atoms with Crippen molar-refractivity contribution in [1.29, 1.82) is 0 Å². The maximum Gasteiger partial charge on any atom is 1.00 e. The molecule has 0 atom stereocenters. The molecule has 0 spiro atoms. The molecule has 1 aromatic carbocycles. The number of anilines is 1. The van der Waals surface area contributed by atoms with E-state index in [4.69, 9.17) is 5.73 Å². The number of benzene rings is 1. The fraction of sp³-hybridized carbons (Fsp3) is 0. The predicted octanol–water partition coefficient (Wildman–Crippen LogP) is -1.64. The zero-order chi connectivity index (χ0) is 8.27. The van der Waals surface area contributed by atoms with Crippen molar-refractivity contribution in [3.63, 3.8) is 0 Å². The van der Waals surface area contributed by atoms with Crippen LogP contribution in [0.2, 0.25) is 0 Å². The molecule has 0 aliphatic carbocycles. The Balaban J connectivity index is 0.00000121. The third-order valence-electron chi connectivity index (χ3n) is 1.03. The normalized spacial score (nSPS) is 8.67. The summed E-state index contributed by atoms with van der Waals surface area (Å²) in [5.41, 5.74) is 5.83. The van der Waals surface area contributed by atoms with Gasteiger partial charge in [0.25, 0.3) is 0 Å². The van der Waals surface area contributed by atoms with Crippen LogP contribution in [0.25, 0.3) is 0 Å². The molecular formula is C6H5N2NaO2S. The number of nitro groups is 1. The van der Waals surface area contributed by atoms with Gasteiger partial charge in [-0.05, 0) is 4.90 Å². The Kier molecular flexibility index (Phi) is 5.32. The summed E-state index contributed by atoms with van der Waals surface area (Å²) in [6.07, 6.45) is 0. The summed E-state index contributed by atoms with van der Waals surface area (Å²) in [7, 11) is 0. The molecule has 0 aliphatic rings. The Morgan fingerprint density at radius 1 is 1.67 bits per heavy atom. The van der Waals surface area contributed by atoms with E-state index in [9.17, 15) is 10.1 Å². The van der Waals surface area contributed by atoms with E-state index < -0.39 is 4.33 Å². The van der Waals surface area contributed by atoms with Crippen molar-refractivity contribution < 1.29 is 33.9 Å². The number of hydrogen-bond acceptors (Lipinski definition) is 4. The Bertz CT molecular complexity index is 282. The number of hydrogen-bond donors (Lipinski definition) is 1. The van der Waals surface area contributed by atoms with E-state index >= 15 is 0 Å². The van der Waals surface area contributed by atoms with Crippen LogP contribution in [0.4, 0.5) is 5.69 Å². The van der Waals surface area contributed by atoms with Crippen molar-refractivity contribution in [3.8, 4) is 0 Å². The Hall–Kier alpha value is -0.230. The quantitative estimate of drug-likeness (QED) is 0.152. The number of nitrogens with two attached hydrogens (primary N) is 1. The molecule has 0 unspecified atom stereocenters. The third kappa shape index (κ3) is 3.44. The van der Waals surface area contributed by atoms with Gasteiger partial charge in [0.15, 0.2) is 11.9 Å². The second-order valence-corrected chi connectivity index (χ2v) is 2.70. The van der Waals surface area contributed by atoms with Crippen molar-refractivity contribution in [2.45, 2.75) is 4.90 Å². The second-order valence-electron chi connectivity index (χ2n) is 1.78. The van der Waals surface area contributed by atoms with Crippen LogP contribution >= 0.6 is 11.9 Å². The molecule has 58 valence electrons. The molecule has 0 amide bonds. The van der Waals surface area contributed by atoms with Gasteiger partial charge in [0.2, 0.25) is 0 Å². The smallest absolute Gasteiger partial charge is 0.418 e. The van der Waals surface area contributed by atoms with E-state index in [1.54, 1.807) is 12.1 Å². The molecule has 0 aromatic heterocycles. The fourth-order valence-corrected chi connectivity index (χ4v) is 1.04. The molecule has 0 aliphatic heterocycles. The number of nitrogens with zero attached hydrogens (tertiary/aromatic N) is 1. The van der Waals surface area contributed by atoms with Gasteiger partial charge in [-0.3, -0.25) is 10.1 Å². The Morgan fingerprint density at radius 3 is 2.83 bits per heavy atom. The van der Waals surface area contributed by atoms with Gasteiger partial charge in [0.05, 0.1) is 4.33 Å². The van der Waals surface area contributed by atoms with Crippen LogP contribution in [0.15, 0.2) is 23.1 Å². The van der Waals surface area contributed by atoms with Crippen LogP contribution in [0.3, 0.4) is 0 Å². The van der Waals surface area contributed by atoms with E-state index in [0.29, 0.717) is 22.5 Å². The van der Waals surface area contributed by atoms with Crippen molar-refractivity contribution in [2.75, 3.05) is 5.73 Å². The average molecular weight is 192 g/mol. The fourth-order valence-electron chi connectivity index (χ4n) is 0.587. The molecule has 0 saturated heterocycles. The van der Waals surface area contributed by atoms with E-state index in [0.717, 1.165) is 0 Å². The van der Waals surface area contributed by atoms with E-state index in [-0.39, 0.29) is 29.6 Å². The SMILES string of the molecule is Nc1cc[c-]cc1S[N+](=O)[O-].[Na+]. The van der Waals surface area contributed by atoms with Gasteiger partial charge in [-0.25, -0.2) is 0 Å². The van der Waals surface area contributed by atoms with Crippen LogP contribution in [0, 0.1) is 16.2 Å². The Labute approximate surface area is 96.1 Å². The maximum absolute atomic E-state index is 10.0. The third-order valence-corrected chi connectivity index (χ3v) is 1.73. The first-order valence-electron chi connectivity index (χ1n) is 2.78. The summed E-state index contributed by atoms with van der Waals surface area (Å²) in [6.45, 7) is 0. The molecule has 0 fully saturated rings. The van der Waals surface area contributed by atoms with Crippen molar-refractivity contribution in [2.24, 2.45) is 0 Å². The first kappa shape index (κ1) is 11.8. The largest absolute Gasteiger partial charge is 1.00 e. The topological polar surface area (TPSA) is 69.2 Å². The number of nitrogen functional groups attached to an aromatic ring is 1. The summed E-state index contributed by atoms with van der Waals surface area (Å²) in [4.78, 5) is 10.4. The predicted molar refractivity (Wildman–Crippen MR) is 42.5 cm³/mol. The molecule has 2 N–H and O–H groups in total. The Morgan fingerprint density at radius 2 is 2.33 bits per heavy atom. The summed E-state index contributed by atoms with van der Waals surface area (Å²) in [5.74, 6) is 0. The van der Waals surface area contributed by atoms with Crippen molar-refractivity contribution in [1.82, 2.24) is 0 Å². The molecule has 4 nitrogen and oxygen atoms in total. The summed E-state index contributed by atoms with van der Waals surface area (Å²) in [6, 6.07) is 7.38. The molecular weight excluding hydrogens is 187 g/mol.